The molecule has 0 amide bonds. The van der Waals surface area contributed by atoms with Crippen LogP contribution in [0.25, 0.3) is 93.1 Å². The van der Waals surface area contributed by atoms with Gasteiger partial charge in [0.2, 0.25) is 0 Å². The van der Waals surface area contributed by atoms with Crippen LogP contribution < -0.4 is 4.90 Å². The molecule has 2 unspecified atom stereocenters. The Hall–Kier alpha value is -8.08. The monoisotopic (exact) mass is 788 g/mol. The molecular formula is C58H36N4. The van der Waals surface area contributed by atoms with E-state index in [2.05, 4.69) is 216 Å². The fourth-order valence-corrected chi connectivity index (χ4v) is 10.9. The largest absolute Gasteiger partial charge is 0.316 e. The highest BCUT2D eigenvalue weighted by atomic mass is 15.3. The molecular weight excluding hydrogens is 753 g/mol. The fourth-order valence-electron chi connectivity index (χ4n) is 10.9. The number of imidazole rings is 1. The molecule has 0 spiro atoms. The fraction of sp³-hybridized carbons (Fsp3) is 0.0345. The van der Waals surface area contributed by atoms with Gasteiger partial charge in [-0.1, -0.05) is 182 Å². The number of aliphatic imine (C=N–C) groups is 1. The minimum atomic E-state index is -0.0234. The molecule has 1 aliphatic carbocycles. The van der Waals surface area contributed by atoms with Crippen LogP contribution in [0.15, 0.2) is 211 Å². The third-order valence-corrected chi connectivity index (χ3v) is 13.6. The quantitative estimate of drug-likeness (QED) is 0.163. The van der Waals surface area contributed by atoms with Crippen molar-refractivity contribution in [3.63, 3.8) is 0 Å². The molecule has 288 valence electrons. The first-order chi connectivity index (χ1) is 30.8. The van der Waals surface area contributed by atoms with Crippen molar-refractivity contribution >= 4 is 76.4 Å². The molecule has 2 atom stereocenters. The zero-order valence-electron chi connectivity index (χ0n) is 33.6. The van der Waals surface area contributed by atoms with Gasteiger partial charge in [0.1, 0.15) is 17.7 Å². The molecule has 62 heavy (non-hydrogen) atoms. The zero-order chi connectivity index (χ0) is 40.5. The van der Waals surface area contributed by atoms with E-state index in [-0.39, 0.29) is 12.1 Å². The van der Waals surface area contributed by atoms with E-state index >= 15 is 0 Å². The van der Waals surface area contributed by atoms with Crippen LogP contribution >= 0.6 is 0 Å². The Kier molecular flexibility index (Phi) is 6.92. The van der Waals surface area contributed by atoms with E-state index in [1.54, 1.807) is 0 Å². The van der Waals surface area contributed by atoms with Crippen molar-refractivity contribution in [1.29, 1.82) is 0 Å². The predicted molar refractivity (Wildman–Crippen MR) is 258 cm³/mol. The van der Waals surface area contributed by atoms with Crippen LogP contribution in [0.2, 0.25) is 0 Å². The molecule has 14 rings (SSSR count). The number of rotatable bonds is 5. The van der Waals surface area contributed by atoms with Crippen molar-refractivity contribution < 1.29 is 0 Å². The summed E-state index contributed by atoms with van der Waals surface area (Å²) in [5.41, 5.74) is 11.5. The van der Waals surface area contributed by atoms with Crippen LogP contribution in [-0.2, 0) is 0 Å². The molecule has 0 saturated carbocycles. The Morgan fingerprint density at radius 2 is 0.887 bits per heavy atom. The minimum Gasteiger partial charge on any atom is -0.316 e. The van der Waals surface area contributed by atoms with Gasteiger partial charge < -0.3 is 4.90 Å². The van der Waals surface area contributed by atoms with Gasteiger partial charge in [-0.05, 0) is 89.6 Å². The van der Waals surface area contributed by atoms with Crippen LogP contribution in [0.1, 0.15) is 28.8 Å². The van der Waals surface area contributed by atoms with Crippen molar-refractivity contribution in [3.8, 4) is 28.2 Å². The smallest absolute Gasteiger partial charge is 0.145 e. The lowest BCUT2D eigenvalue weighted by Crippen LogP contribution is -2.33. The van der Waals surface area contributed by atoms with E-state index in [4.69, 9.17) is 9.98 Å². The number of anilines is 1. The summed E-state index contributed by atoms with van der Waals surface area (Å²) in [7, 11) is 0. The normalized spacial score (nSPS) is 15.8. The van der Waals surface area contributed by atoms with E-state index in [1.165, 1.54) is 65.0 Å². The third-order valence-electron chi connectivity index (χ3n) is 13.6. The average Bonchev–Trinajstić information content (AvgIpc) is 3.95. The highest BCUT2D eigenvalue weighted by Crippen LogP contribution is 2.54. The van der Waals surface area contributed by atoms with Crippen molar-refractivity contribution in [2.45, 2.75) is 12.1 Å². The number of hydrogen-bond donors (Lipinski definition) is 0. The maximum atomic E-state index is 5.59. The highest BCUT2D eigenvalue weighted by Gasteiger charge is 2.43. The van der Waals surface area contributed by atoms with Crippen molar-refractivity contribution in [3.05, 3.63) is 223 Å². The second-order valence-electron chi connectivity index (χ2n) is 16.8. The Morgan fingerprint density at radius 1 is 0.371 bits per heavy atom. The number of benzene rings is 11. The second kappa shape index (κ2) is 12.7. The Balaban J connectivity index is 0.896. The third kappa shape index (κ3) is 4.66. The second-order valence-corrected chi connectivity index (χ2v) is 16.8. The standard InChI is InChI=1S/C58H36N4/c1-3-11-41(12-4-1)57-59-53-45-19-7-15-37-23-25-39-17-9-21-47(51(39)49(37)45)55(53)61(57)43-31-27-35(28-32-43)36-29-33-44(34-30-36)62-56-48-22-10-18-40-26-24-38-16-8-20-46(50(38)52(40)48)54(56)60-58(62)42-13-5-2-6-14-42/h1-34,53,55H. The highest BCUT2D eigenvalue weighted by molar-refractivity contribution is 6.33. The average molecular weight is 789 g/mol. The predicted octanol–water partition coefficient (Wildman–Crippen LogP) is 14.6. The van der Waals surface area contributed by atoms with Gasteiger partial charge in [-0.25, -0.2) is 4.98 Å². The SMILES string of the molecule is c1ccc(C2=NC3c4cccc5ccc6cccc(c6c45)C3N2c2ccc(-c3ccc(-n4c(-c5ccccc5)nc5c6cccc7ccc8cccc(c8c76)c54)cc3)cc2)cc1. The van der Waals surface area contributed by atoms with Crippen molar-refractivity contribution in [1.82, 2.24) is 9.55 Å². The van der Waals surface area contributed by atoms with E-state index < -0.39 is 0 Å². The first-order valence-corrected chi connectivity index (χ1v) is 21.5. The lowest BCUT2D eigenvalue weighted by atomic mass is 9.80. The summed E-state index contributed by atoms with van der Waals surface area (Å²) in [6, 6.07) is 75.2. The van der Waals surface area contributed by atoms with Gasteiger partial charge in [-0.3, -0.25) is 9.56 Å². The Bertz CT molecular complexity index is 3790. The summed E-state index contributed by atoms with van der Waals surface area (Å²) in [5, 5.41) is 12.7. The molecule has 1 aliphatic heterocycles. The van der Waals surface area contributed by atoms with E-state index in [0.717, 1.165) is 56.3 Å². The molecule has 2 aliphatic rings. The molecule has 2 heterocycles. The van der Waals surface area contributed by atoms with E-state index in [0.29, 0.717) is 0 Å². The molecule has 12 aromatic rings. The molecule has 0 saturated heterocycles. The number of aromatic nitrogens is 2. The number of amidine groups is 1. The van der Waals surface area contributed by atoms with Gasteiger partial charge >= 0.3 is 0 Å². The zero-order valence-corrected chi connectivity index (χ0v) is 33.6. The summed E-state index contributed by atoms with van der Waals surface area (Å²) >= 11 is 0. The summed E-state index contributed by atoms with van der Waals surface area (Å²) < 4.78 is 2.37. The Morgan fingerprint density at radius 3 is 1.53 bits per heavy atom. The van der Waals surface area contributed by atoms with E-state index in [9.17, 15) is 0 Å². The Labute approximate surface area is 357 Å². The summed E-state index contributed by atoms with van der Waals surface area (Å²) in [5.74, 6) is 1.94. The molecule has 4 heteroatoms. The maximum Gasteiger partial charge on any atom is 0.145 e. The van der Waals surface area contributed by atoms with Gasteiger partial charge in [-0.2, -0.15) is 0 Å². The van der Waals surface area contributed by atoms with Gasteiger partial charge in [0, 0.05) is 33.3 Å². The van der Waals surface area contributed by atoms with Gasteiger partial charge in [0.15, 0.2) is 0 Å². The minimum absolute atomic E-state index is 0.0234. The summed E-state index contributed by atoms with van der Waals surface area (Å²) in [4.78, 5) is 13.6. The van der Waals surface area contributed by atoms with E-state index in [1.807, 2.05) is 0 Å². The van der Waals surface area contributed by atoms with Crippen molar-refractivity contribution in [2.24, 2.45) is 4.99 Å². The molecule has 0 bridgehead atoms. The summed E-state index contributed by atoms with van der Waals surface area (Å²) in [6.07, 6.45) is 0. The molecule has 4 nitrogen and oxygen atoms in total. The lowest BCUT2D eigenvalue weighted by Gasteiger charge is -2.35. The molecule has 0 radical (unpaired) electrons. The van der Waals surface area contributed by atoms with Gasteiger partial charge in [-0.15, -0.1) is 0 Å². The first-order valence-electron chi connectivity index (χ1n) is 21.5. The number of hydrogen-bond acceptors (Lipinski definition) is 3. The molecule has 0 fully saturated rings. The van der Waals surface area contributed by atoms with Crippen LogP contribution in [0.4, 0.5) is 5.69 Å². The lowest BCUT2D eigenvalue weighted by molar-refractivity contribution is 0.614. The number of nitrogens with zero attached hydrogens (tertiary/aromatic N) is 4. The summed E-state index contributed by atoms with van der Waals surface area (Å²) in [6.45, 7) is 0. The van der Waals surface area contributed by atoms with Crippen LogP contribution in [0, 0.1) is 0 Å². The number of fused-ring (bicyclic) bond motifs is 6. The first kappa shape index (κ1) is 33.7. The molecule has 0 N–H and O–H groups in total. The van der Waals surface area contributed by atoms with Crippen LogP contribution in [0.3, 0.4) is 0 Å². The maximum absolute atomic E-state index is 5.59. The topological polar surface area (TPSA) is 33.4 Å². The van der Waals surface area contributed by atoms with Crippen LogP contribution in [0.5, 0.6) is 0 Å². The van der Waals surface area contributed by atoms with Crippen LogP contribution in [-0.4, -0.2) is 15.4 Å². The van der Waals surface area contributed by atoms with Gasteiger partial charge in [0.05, 0.1) is 17.1 Å². The van der Waals surface area contributed by atoms with Gasteiger partial charge in [0.25, 0.3) is 0 Å². The van der Waals surface area contributed by atoms with Crippen molar-refractivity contribution in [2.75, 3.05) is 4.90 Å². The molecule has 11 aromatic carbocycles. The molecule has 1 aromatic heterocycles.